The summed E-state index contributed by atoms with van der Waals surface area (Å²) in [5, 5.41) is 8.01. The molecule has 0 aromatic carbocycles. The van der Waals surface area contributed by atoms with Crippen molar-refractivity contribution in [3.05, 3.63) is 17.0 Å². The molecule has 0 saturated carbocycles. The Bertz CT molecular complexity index is 396. The van der Waals surface area contributed by atoms with Gasteiger partial charge in [0.15, 0.2) is 0 Å². The van der Waals surface area contributed by atoms with Crippen LogP contribution >= 0.6 is 0 Å². The molecule has 0 unspecified atom stereocenters. The minimum atomic E-state index is 0.499. The molecule has 0 aliphatic rings. The zero-order valence-electron chi connectivity index (χ0n) is 11.4. The number of hydrogen-bond acceptors (Lipinski definition) is 2. The molecule has 0 spiro atoms. The van der Waals surface area contributed by atoms with E-state index in [-0.39, 0.29) is 0 Å². The molecule has 1 heterocycles. The Morgan fingerprint density at radius 2 is 2.12 bits per heavy atom. The van der Waals surface area contributed by atoms with E-state index in [1.807, 2.05) is 0 Å². The number of nitrogens with one attached hydrogen (secondary N) is 1. The van der Waals surface area contributed by atoms with Gasteiger partial charge in [-0.2, -0.15) is 5.10 Å². The van der Waals surface area contributed by atoms with Gasteiger partial charge in [-0.3, -0.25) is 4.68 Å². The zero-order chi connectivity index (χ0) is 12.8. The van der Waals surface area contributed by atoms with Crippen molar-refractivity contribution in [2.75, 3.05) is 0 Å². The van der Waals surface area contributed by atoms with Gasteiger partial charge in [-0.25, -0.2) is 0 Å². The molecule has 3 nitrogen and oxygen atoms in total. The van der Waals surface area contributed by atoms with E-state index < -0.39 is 0 Å². The van der Waals surface area contributed by atoms with Crippen LogP contribution in [0.25, 0.3) is 0 Å². The summed E-state index contributed by atoms with van der Waals surface area (Å²) in [5.74, 6) is 2.67. The normalized spacial score (nSPS) is 10.8. The largest absolute Gasteiger partial charge is 0.310 e. The summed E-state index contributed by atoms with van der Waals surface area (Å²) in [6.07, 6.45) is 7.07. The number of terminal acetylenes is 1. The van der Waals surface area contributed by atoms with Gasteiger partial charge in [-0.1, -0.05) is 13.8 Å². The topological polar surface area (TPSA) is 29.9 Å². The standard InChI is InChI=1S/C14H23N3/c1-6-7-8-9-17-13(5)14(12(4)16-17)10-15-11(2)3/h1,11,15H,7-10H2,2-5H3. The van der Waals surface area contributed by atoms with Crippen LogP contribution in [0.1, 0.15) is 43.6 Å². The number of aryl methyl sites for hydroxylation is 2. The van der Waals surface area contributed by atoms with Crippen molar-refractivity contribution in [2.45, 2.75) is 59.7 Å². The molecule has 0 aliphatic heterocycles. The monoisotopic (exact) mass is 233 g/mol. The number of aromatic nitrogens is 2. The van der Waals surface area contributed by atoms with Gasteiger partial charge in [0.05, 0.1) is 5.69 Å². The predicted molar refractivity (Wildman–Crippen MR) is 71.7 cm³/mol. The fourth-order valence-electron chi connectivity index (χ4n) is 1.84. The fraction of sp³-hybridized carbons (Fsp3) is 0.643. The summed E-state index contributed by atoms with van der Waals surface area (Å²) in [6, 6.07) is 0.499. The number of unbranched alkanes of at least 4 members (excludes halogenated alkanes) is 1. The maximum atomic E-state index is 5.26. The van der Waals surface area contributed by atoms with Crippen LogP contribution in [-0.4, -0.2) is 15.8 Å². The molecule has 0 radical (unpaired) electrons. The van der Waals surface area contributed by atoms with Crippen molar-refractivity contribution in [2.24, 2.45) is 0 Å². The molecule has 0 aliphatic carbocycles. The first-order valence-corrected chi connectivity index (χ1v) is 6.26. The second-order valence-electron chi connectivity index (χ2n) is 4.72. The SMILES string of the molecule is C#CCCCn1nc(C)c(CNC(C)C)c1C. The van der Waals surface area contributed by atoms with Crippen molar-refractivity contribution in [1.29, 1.82) is 0 Å². The number of nitrogens with zero attached hydrogens (tertiary/aromatic N) is 2. The molecule has 94 valence electrons. The van der Waals surface area contributed by atoms with Crippen molar-refractivity contribution >= 4 is 0 Å². The molecule has 0 fully saturated rings. The van der Waals surface area contributed by atoms with Gasteiger partial charge in [0.2, 0.25) is 0 Å². The zero-order valence-corrected chi connectivity index (χ0v) is 11.4. The minimum absolute atomic E-state index is 0.499. The van der Waals surface area contributed by atoms with E-state index in [4.69, 9.17) is 6.42 Å². The molecule has 17 heavy (non-hydrogen) atoms. The Morgan fingerprint density at radius 1 is 1.41 bits per heavy atom. The quantitative estimate of drug-likeness (QED) is 0.604. The van der Waals surface area contributed by atoms with Crippen LogP contribution in [0.5, 0.6) is 0 Å². The van der Waals surface area contributed by atoms with Crippen LogP contribution in [0.15, 0.2) is 0 Å². The van der Waals surface area contributed by atoms with Gasteiger partial charge < -0.3 is 5.32 Å². The number of hydrogen-bond donors (Lipinski definition) is 1. The van der Waals surface area contributed by atoms with Crippen molar-refractivity contribution < 1.29 is 0 Å². The summed E-state index contributed by atoms with van der Waals surface area (Å²) >= 11 is 0. The highest BCUT2D eigenvalue weighted by atomic mass is 15.3. The van der Waals surface area contributed by atoms with Crippen LogP contribution in [0.4, 0.5) is 0 Å². The molecule has 1 aromatic rings. The van der Waals surface area contributed by atoms with Crippen LogP contribution in [0.2, 0.25) is 0 Å². The molecule has 0 atom stereocenters. The van der Waals surface area contributed by atoms with Crippen LogP contribution < -0.4 is 5.32 Å². The molecule has 1 aromatic heterocycles. The van der Waals surface area contributed by atoms with E-state index in [1.165, 1.54) is 11.3 Å². The van der Waals surface area contributed by atoms with Gasteiger partial charge in [0, 0.05) is 36.8 Å². The first-order valence-electron chi connectivity index (χ1n) is 6.26. The van der Waals surface area contributed by atoms with Crippen LogP contribution in [0, 0.1) is 26.2 Å². The van der Waals surface area contributed by atoms with Gasteiger partial charge in [-0.15, -0.1) is 12.3 Å². The van der Waals surface area contributed by atoms with E-state index in [9.17, 15) is 0 Å². The minimum Gasteiger partial charge on any atom is -0.310 e. The van der Waals surface area contributed by atoms with E-state index in [1.54, 1.807) is 0 Å². The maximum absolute atomic E-state index is 5.26. The Kier molecular flexibility index (Phi) is 5.24. The highest BCUT2D eigenvalue weighted by molar-refractivity contribution is 5.24. The second-order valence-corrected chi connectivity index (χ2v) is 4.72. The highest BCUT2D eigenvalue weighted by Gasteiger charge is 2.10. The summed E-state index contributed by atoms with van der Waals surface area (Å²) in [5.41, 5.74) is 3.70. The smallest absolute Gasteiger partial charge is 0.0641 e. The predicted octanol–water partition coefficient (Wildman–Crippen LogP) is 2.41. The summed E-state index contributed by atoms with van der Waals surface area (Å²) in [4.78, 5) is 0. The van der Waals surface area contributed by atoms with E-state index in [0.717, 1.165) is 31.6 Å². The molecule has 0 bridgehead atoms. The van der Waals surface area contributed by atoms with Gasteiger partial charge >= 0.3 is 0 Å². The van der Waals surface area contributed by atoms with Crippen molar-refractivity contribution in [1.82, 2.24) is 15.1 Å². The van der Waals surface area contributed by atoms with Gasteiger partial charge in [0.1, 0.15) is 0 Å². The molecule has 0 saturated heterocycles. The van der Waals surface area contributed by atoms with E-state index >= 15 is 0 Å². The molecular weight excluding hydrogens is 210 g/mol. The second kappa shape index (κ2) is 6.46. The summed E-state index contributed by atoms with van der Waals surface area (Å²) < 4.78 is 2.07. The molecule has 1 rings (SSSR count). The van der Waals surface area contributed by atoms with Crippen LogP contribution in [0.3, 0.4) is 0 Å². The molecule has 1 N–H and O–H groups in total. The maximum Gasteiger partial charge on any atom is 0.0641 e. The van der Waals surface area contributed by atoms with Crippen LogP contribution in [-0.2, 0) is 13.1 Å². The Hall–Kier alpha value is -1.27. The van der Waals surface area contributed by atoms with Crippen molar-refractivity contribution in [3.63, 3.8) is 0 Å². The van der Waals surface area contributed by atoms with Gasteiger partial charge in [0.25, 0.3) is 0 Å². The lowest BCUT2D eigenvalue weighted by Gasteiger charge is -2.08. The number of rotatable bonds is 6. The summed E-state index contributed by atoms with van der Waals surface area (Å²) in [7, 11) is 0. The first-order chi connectivity index (χ1) is 8.06. The molecular formula is C14H23N3. The lowest BCUT2D eigenvalue weighted by molar-refractivity contribution is 0.563. The van der Waals surface area contributed by atoms with Gasteiger partial charge in [-0.05, 0) is 20.3 Å². The molecule has 0 amide bonds. The van der Waals surface area contributed by atoms with Crippen molar-refractivity contribution in [3.8, 4) is 12.3 Å². The first kappa shape index (κ1) is 13.8. The molecule has 3 heteroatoms. The highest BCUT2D eigenvalue weighted by Crippen LogP contribution is 2.13. The third-order valence-electron chi connectivity index (χ3n) is 2.91. The average Bonchev–Trinajstić information content (AvgIpc) is 2.52. The third-order valence-corrected chi connectivity index (χ3v) is 2.91. The Labute approximate surface area is 105 Å². The Balaban J connectivity index is 2.69. The average molecular weight is 233 g/mol. The lowest BCUT2D eigenvalue weighted by Crippen LogP contribution is -2.22. The third kappa shape index (κ3) is 3.90. The van der Waals surface area contributed by atoms with E-state index in [2.05, 4.69) is 48.7 Å². The van der Waals surface area contributed by atoms with E-state index in [0.29, 0.717) is 6.04 Å². The Morgan fingerprint density at radius 3 is 2.71 bits per heavy atom. The lowest BCUT2D eigenvalue weighted by atomic mass is 10.2. The summed E-state index contributed by atoms with van der Waals surface area (Å²) in [6.45, 7) is 10.3. The fourth-order valence-corrected chi connectivity index (χ4v) is 1.84.